The van der Waals surface area contributed by atoms with Crippen molar-refractivity contribution < 1.29 is 25.9 Å². The molecule has 1 aliphatic heterocycles. The summed E-state index contributed by atoms with van der Waals surface area (Å²) in [6, 6.07) is 6.65. The average molecular weight is 633 g/mol. The van der Waals surface area contributed by atoms with Gasteiger partial charge in [0.05, 0.1) is 27.6 Å². The molecule has 3 aromatic rings. The minimum Gasteiger partial charge on any atom is -0.492 e. The van der Waals surface area contributed by atoms with Gasteiger partial charge in [0, 0.05) is 59.9 Å². The average Bonchev–Trinajstić information content (AvgIpc) is 3.46. The number of hydrogen-bond acceptors (Lipinski definition) is 8. The van der Waals surface area contributed by atoms with Crippen LogP contribution in [0.1, 0.15) is 105 Å². The molecular formula is C35H45N7O4. The van der Waals surface area contributed by atoms with Crippen LogP contribution in [0.2, 0.25) is 0 Å². The highest BCUT2D eigenvalue weighted by atomic mass is 16.6. The molecule has 1 fully saturated rings. The van der Waals surface area contributed by atoms with Gasteiger partial charge in [0.25, 0.3) is 5.91 Å². The van der Waals surface area contributed by atoms with E-state index in [0.717, 1.165) is 36.0 Å². The van der Waals surface area contributed by atoms with Gasteiger partial charge in [0.1, 0.15) is 23.0 Å². The maximum absolute atomic E-state index is 14.6. The predicted molar refractivity (Wildman–Crippen MR) is 175 cm³/mol. The van der Waals surface area contributed by atoms with E-state index in [1.807, 2.05) is 30.8 Å². The van der Waals surface area contributed by atoms with E-state index in [4.69, 9.17) is 16.3 Å². The zero-order valence-corrected chi connectivity index (χ0v) is 27.5. The Morgan fingerprint density at radius 3 is 2.63 bits per heavy atom. The molecule has 1 unspecified atom stereocenters. The standard InChI is InChI=1S/C35H45N7O4/c1-9-45-29-17-28(38-19-26(29)18-36)23(2)42-22-35(11-10-12-35)30-25(21-39(6)7)15-24(16-27(30)31(42)43)20-41-14-13-37-32(41)40(8)33(44)46-34(3,4)5/h13-17,19,23H,9-12,20-22H2,1-8H3/i1D3,9D2. The first-order valence-electron chi connectivity index (χ1n) is 17.9. The Bertz CT molecular complexity index is 1860. The lowest BCUT2D eigenvalue weighted by molar-refractivity contribution is 0.0482. The van der Waals surface area contributed by atoms with E-state index >= 15 is 0 Å². The molecule has 11 nitrogen and oxygen atoms in total. The van der Waals surface area contributed by atoms with Gasteiger partial charge in [0.2, 0.25) is 5.95 Å². The van der Waals surface area contributed by atoms with Crippen molar-refractivity contribution in [3.05, 3.63) is 70.3 Å². The monoisotopic (exact) mass is 632 g/mol. The number of nitriles is 1. The summed E-state index contributed by atoms with van der Waals surface area (Å²) in [6.45, 7) is 2.39. The molecule has 0 radical (unpaired) electrons. The normalized spacial score (nSPS) is 18.3. The second-order valence-electron chi connectivity index (χ2n) is 13.5. The highest BCUT2D eigenvalue weighted by Gasteiger charge is 2.49. The molecular weight excluding hydrogens is 582 g/mol. The highest BCUT2D eigenvalue weighted by Crippen LogP contribution is 2.51. The topological polar surface area (TPSA) is 117 Å². The van der Waals surface area contributed by atoms with Gasteiger partial charge in [-0.15, -0.1) is 0 Å². The van der Waals surface area contributed by atoms with E-state index in [0.29, 0.717) is 36.8 Å². The van der Waals surface area contributed by atoms with Gasteiger partial charge in [-0.3, -0.25) is 14.7 Å². The lowest BCUT2D eigenvalue weighted by atomic mass is 9.60. The summed E-state index contributed by atoms with van der Waals surface area (Å²) in [4.78, 5) is 41.5. The molecule has 1 aliphatic carbocycles. The van der Waals surface area contributed by atoms with Crippen LogP contribution >= 0.6 is 0 Å². The van der Waals surface area contributed by atoms with E-state index in [1.54, 1.807) is 52.0 Å². The first kappa shape index (κ1) is 26.8. The lowest BCUT2D eigenvalue weighted by Gasteiger charge is -2.52. The van der Waals surface area contributed by atoms with Crippen LogP contribution in [0.5, 0.6) is 5.75 Å². The number of fused-ring (bicyclic) bond motifs is 2. The fraction of sp³-hybridized carbons (Fsp3) is 0.514. The van der Waals surface area contributed by atoms with E-state index in [1.165, 1.54) is 17.2 Å². The summed E-state index contributed by atoms with van der Waals surface area (Å²) in [7, 11) is 5.57. The SMILES string of the molecule is [2H]C([2H])([2H])C([2H])([2H])Oc1cc(C(C)N2CC3(CCC3)c3c(CN(C)C)cc(Cn4ccnc4N(C)C(=O)OC(C)(C)C)cc3C2=O)ncc1C#N. The third-order valence-electron chi connectivity index (χ3n) is 8.65. The number of imidazole rings is 1. The van der Waals surface area contributed by atoms with Crippen molar-refractivity contribution in [2.45, 2.75) is 84.0 Å². The number of pyridine rings is 1. The molecule has 2 amide bonds. The minimum atomic E-state index is -3.11. The Hall–Kier alpha value is -4.43. The molecule has 0 saturated heterocycles. The van der Waals surface area contributed by atoms with Gasteiger partial charge in [-0.05, 0) is 84.2 Å². The van der Waals surface area contributed by atoms with Crippen molar-refractivity contribution in [1.82, 2.24) is 24.3 Å². The molecule has 2 aliphatic rings. The summed E-state index contributed by atoms with van der Waals surface area (Å²) >= 11 is 0. The number of carbonyl (C=O) groups is 2. The Morgan fingerprint density at radius 2 is 2.00 bits per heavy atom. The van der Waals surface area contributed by atoms with Crippen LogP contribution in [-0.4, -0.2) is 76.2 Å². The Balaban J connectivity index is 1.54. The lowest BCUT2D eigenvalue weighted by Crippen LogP contribution is -2.54. The minimum absolute atomic E-state index is 0.126. The van der Waals surface area contributed by atoms with Crippen molar-refractivity contribution in [3.63, 3.8) is 0 Å². The second kappa shape index (κ2) is 12.8. The third-order valence-corrected chi connectivity index (χ3v) is 8.65. The van der Waals surface area contributed by atoms with Gasteiger partial charge in [-0.2, -0.15) is 5.26 Å². The van der Waals surface area contributed by atoms with E-state index in [2.05, 4.69) is 20.9 Å². The van der Waals surface area contributed by atoms with Crippen LogP contribution < -0.4 is 9.64 Å². The predicted octanol–water partition coefficient (Wildman–Crippen LogP) is 5.67. The van der Waals surface area contributed by atoms with Gasteiger partial charge in [-0.1, -0.05) is 12.5 Å². The first-order valence-corrected chi connectivity index (χ1v) is 15.4. The number of aromatic nitrogens is 3. The van der Waals surface area contributed by atoms with Gasteiger partial charge in [-0.25, -0.2) is 9.78 Å². The van der Waals surface area contributed by atoms with Crippen molar-refractivity contribution in [2.75, 3.05) is 39.1 Å². The van der Waals surface area contributed by atoms with Crippen LogP contribution in [-0.2, 0) is 23.2 Å². The summed E-state index contributed by atoms with van der Waals surface area (Å²) in [5.41, 5.74) is 2.74. The van der Waals surface area contributed by atoms with Crippen LogP contribution in [0, 0.1) is 11.3 Å². The van der Waals surface area contributed by atoms with Gasteiger partial charge >= 0.3 is 6.09 Å². The fourth-order valence-corrected chi connectivity index (χ4v) is 6.47. The maximum Gasteiger partial charge on any atom is 0.416 e. The Kier molecular flexibility index (Phi) is 7.42. The largest absolute Gasteiger partial charge is 0.492 e. The van der Waals surface area contributed by atoms with E-state index < -0.39 is 31.1 Å². The summed E-state index contributed by atoms with van der Waals surface area (Å²) in [5, 5.41) is 9.65. The van der Waals surface area contributed by atoms with Gasteiger partial charge < -0.3 is 23.8 Å². The van der Waals surface area contributed by atoms with Crippen molar-refractivity contribution in [3.8, 4) is 11.8 Å². The zero-order chi connectivity index (χ0) is 37.7. The number of anilines is 1. The summed E-state index contributed by atoms with van der Waals surface area (Å²) in [6.07, 6.45) is 6.83. The number of hydrogen-bond donors (Lipinski definition) is 0. The van der Waals surface area contributed by atoms with Crippen molar-refractivity contribution >= 4 is 17.9 Å². The molecule has 2 aromatic heterocycles. The van der Waals surface area contributed by atoms with Crippen LogP contribution in [0.4, 0.5) is 10.7 Å². The quantitative estimate of drug-likeness (QED) is 0.296. The van der Waals surface area contributed by atoms with Crippen LogP contribution in [0.25, 0.3) is 0 Å². The van der Waals surface area contributed by atoms with E-state index in [-0.39, 0.29) is 22.6 Å². The number of amides is 2. The highest BCUT2D eigenvalue weighted by molar-refractivity contribution is 5.98. The Morgan fingerprint density at radius 1 is 1.24 bits per heavy atom. The van der Waals surface area contributed by atoms with E-state index in [9.17, 15) is 14.9 Å². The molecule has 11 heteroatoms. The Labute approximate surface area is 278 Å². The van der Waals surface area contributed by atoms with Gasteiger partial charge in [0.15, 0.2) is 0 Å². The molecule has 1 atom stereocenters. The van der Waals surface area contributed by atoms with Crippen molar-refractivity contribution in [1.29, 1.82) is 5.26 Å². The molecule has 5 rings (SSSR count). The molecule has 3 heterocycles. The first-order chi connectivity index (χ1) is 23.7. The number of benzene rings is 1. The number of nitrogens with zero attached hydrogens (tertiary/aromatic N) is 7. The maximum atomic E-state index is 14.6. The molecule has 0 N–H and O–H groups in total. The van der Waals surface area contributed by atoms with Crippen LogP contribution in [0.3, 0.4) is 0 Å². The summed E-state index contributed by atoms with van der Waals surface area (Å²) in [5.74, 6) is -0.0808. The zero-order valence-electron chi connectivity index (χ0n) is 32.5. The summed E-state index contributed by atoms with van der Waals surface area (Å²) < 4.78 is 51.2. The second-order valence-corrected chi connectivity index (χ2v) is 13.5. The molecule has 1 spiro atoms. The number of carbonyl (C=O) groups excluding carboxylic acids is 2. The molecule has 1 aromatic carbocycles. The molecule has 0 bridgehead atoms. The van der Waals surface area contributed by atoms with Crippen LogP contribution in [0.15, 0.2) is 36.8 Å². The third kappa shape index (κ3) is 6.44. The number of rotatable bonds is 9. The number of ether oxygens (including phenoxy) is 2. The van der Waals surface area contributed by atoms with Crippen molar-refractivity contribution in [2.24, 2.45) is 0 Å². The smallest absolute Gasteiger partial charge is 0.416 e. The fourth-order valence-electron chi connectivity index (χ4n) is 6.47. The molecule has 1 saturated carbocycles. The molecule has 46 heavy (non-hydrogen) atoms. The molecule has 244 valence electrons.